The second-order valence-corrected chi connectivity index (χ2v) is 8.74. The van der Waals surface area contributed by atoms with Crippen molar-refractivity contribution in [3.8, 4) is 0 Å². The number of urea groups is 1. The minimum absolute atomic E-state index is 0.121. The second-order valence-electron chi connectivity index (χ2n) is 6.48. The van der Waals surface area contributed by atoms with Crippen molar-refractivity contribution >= 4 is 21.8 Å². The van der Waals surface area contributed by atoms with Gasteiger partial charge in [-0.05, 0) is 42.9 Å². The Morgan fingerprint density at radius 2 is 1.91 bits per heavy atom. The summed E-state index contributed by atoms with van der Waals surface area (Å²) < 4.78 is 22.6. The third kappa shape index (κ3) is 2.85. The van der Waals surface area contributed by atoms with Gasteiger partial charge >= 0.3 is 6.03 Å². The van der Waals surface area contributed by atoms with Gasteiger partial charge in [0, 0.05) is 12.8 Å². The van der Waals surface area contributed by atoms with E-state index in [-0.39, 0.29) is 12.3 Å². The molecule has 1 aromatic carbocycles. The van der Waals surface area contributed by atoms with Crippen LogP contribution in [0, 0.1) is 0 Å². The molecule has 1 aliphatic heterocycles. The van der Waals surface area contributed by atoms with Crippen LogP contribution in [0.4, 0.5) is 4.79 Å². The smallest absolute Gasteiger partial charge is 0.319 e. The third-order valence-corrected chi connectivity index (χ3v) is 5.56. The van der Waals surface area contributed by atoms with E-state index in [1.165, 1.54) is 11.1 Å². The lowest BCUT2D eigenvalue weighted by molar-refractivity contribution is -0.130. The lowest BCUT2D eigenvalue weighted by Crippen LogP contribution is -2.41. The Kier molecular flexibility index (Phi) is 3.71. The predicted molar refractivity (Wildman–Crippen MR) is 85.8 cm³/mol. The Morgan fingerprint density at radius 3 is 2.61 bits per heavy atom. The Hall–Kier alpha value is -1.89. The van der Waals surface area contributed by atoms with E-state index < -0.39 is 27.3 Å². The Bertz CT molecular complexity index is 787. The topological polar surface area (TPSA) is 83.6 Å². The van der Waals surface area contributed by atoms with Crippen LogP contribution >= 0.6 is 0 Å². The number of rotatable bonds is 4. The normalized spacial score (nSPS) is 24.0. The first kappa shape index (κ1) is 16.0. The standard InChI is InChI=1S/C16H20N2O4S/c1-16(13-7-6-11-4-3-5-12(11)10-13)14(19)18(15(20)17-16)8-9-23(2,21)22/h6-7,10H,3-5,8-9H2,1-2H3,(H,17,20)/t16-/m0/s1. The lowest BCUT2D eigenvalue weighted by Gasteiger charge is -2.23. The van der Waals surface area contributed by atoms with E-state index in [0.717, 1.165) is 36.0 Å². The summed E-state index contributed by atoms with van der Waals surface area (Å²) in [6, 6.07) is 5.34. The van der Waals surface area contributed by atoms with Crippen molar-refractivity contribution in [1.82, 2.24) is 10.2 Å². The lowest BCUT2D eigenvalue weighted by atomic mass is 9.90. The summed E-state index contributed by atoms with van der Waals surface area (Å²) >= 11 is 0. The fourth-order valence-electron chi connectivity index (χ4n) is 3.24. The van der Waals surface area contributed by atoms with Gasteiger partial charge in [-0.3, -0.25) is 9.69 Å². The number of aryl methyl sites for hydroxylation is 2. The summed E-state index contributed by atoms with van der Waals surface area (Å²) in [4.78, 5) is 25.8. The van der Waals surface area contributed by atoms with Gasteiger partial charge in [0.25, 0.3) is 5.91 Å². The number of fused-ring (bicyclic) bond motifs is 1. The molecule has 0 spiro atoms. The van der Waals surface area contributed by atoms with Gasteiger partial charge in [-0.25, -0.2) is 13.2 Å². The van der Waals surface area contributed by atoms with Gasteiger partial charge in [0.1, 0.15) is 15.4 Å². The third-order valence-electron chi connectivity index (χ3n) is 4.64. The van der Waals surface area contributed by atoms with E-state index in [4.69, 9.17) is 0 Å². The van der Waals surface area contributed by atoms with Crippen molar-refractivity contribution in [2.45, 2.75) is 31.7 Å². The summed E-state index contributed by atoms with van der Waals surface area (Å²) in [6.45, 7) is 1.55. The van der Waals surface area contributed by atoms with Crippen molar-refractivity contribution in [1.29, 1.82) is 0 Å². The van der Waals surface area contributed by atoms with E-state index >= 15 is 0 Å². The van der Waals surface area contributed by atoms with Crippen LogP contribution in [0.2, 0.25) is 0 Å². The molecule has 3 amide bonds. The highest BCUT2D eigenvalue weighted by Gasteiger charge is 2.49. The van der Waals surface area contributed by atoms with Crippen molar-refractivity contribution < 1.29 is 18.0 Å². The number of imide groups is 1. The number of hydrogen-bond donors (Lipinski definition) is 1. The molecule has 23 heavy (non-hydrogen) atoms. The van der Waals surface area contributed by atoms with Crippen LogP contribution in [-0.4, -0.2) is 43.8 Å². The number of carbonyl (C=O) groups is 2. The van der Waals surface area contributed by atoms with Crippen LogP contribution in [-0.2, 0) is 33.0 Å². The number of hydrogen-bond acceptors (Lipinski definition) is 4. The fourth-order valence-corrected chi connectivity index (χ4v) is 3.75. The molecule has 1 fully saturated rings. The molecular formula is C16H20N2O4S. The molecule has 6 nitrogen and oxygen atoms in total. The Morgan fingerprint density at radius 1 is 1.22 bits per heavy atom. The van der Waals surface area contributed by atoms with Crippen LogP contribution in [0.5, 0.6) is 0 Å². The molecule has 1 aromatic rings. The maximum atomic E-state index is 12.7. The van der Waals surface area contributed by atoms with E-state index in [2.05, 4.69) is 5.32 Å². The second kappa shape index (κ2) is 5.33. The first-order chi connectivity index (χ1) is 10.7. The molecular weight excluding hydrogens is 316 g/mol. The van der Waals surface area contributed by atoms with Crippen LogP contribution < -0.4 is 5.32 Å². The molecule has 0 bridgehead atoms. The van der Waals surface area contributed by atoms with Crippen molar-refractivity contribution in [2.75, 3.05) is 18.6 Å². The quantitative estimate of drug-likeness (QED) is 0.831. The van der Waals surface area contributed by atoms with Gasteiger partial charge in [0.05, 0.1) is 5.75 Å². The number of amides is 3. The minimum atomic E-state index is -3.24. The Labute approximate surface area is 135 Å². The zero-order chi connectivity index (χ0) is 16.8. The van der Waals surface area contributed by atoms with Gasteiger partial charge in [-0.1, -0.05) is 18.2 Å². The van der Waals surface area contributed by atoms with E-state index in [1.54, 1.807) is 6.92 Å². The molecule has 1 aliphatic carbocycles. The van der Waals surface area contributed by atoms with E-state index in [0.29, 0.717) is 0 Å². The van der Waals surface area contributed by atoms with Crippen LogP contribution in [0.1, 0.15) is 30.0 Å². The highest BCUT2D eigenvalue weighted by atomic mass is 32.2. The molecule has 1 atom stereocenters. The van der Waals surface area contributed by atoms with Gasteiger partial charge in [0.2, 0.25) is 0 Å². The molecule has 2 aliphatic rings. The number of benzene rings is 1. The number of sulfone groups is 1. The van der Waals surface area contributed by atoms with Crippen molar-refractivity contribution in [2.24, 2.45) is 0 Å². The van der Waals surface area contributed by atoms with Crippen LogP contribution in [0.25, 0.3) is 0 Å². The molecule has 0 saturated carbocycles. The minimum Gasteiger partial charge on any atom is -0.319 e. The largest absolute Gasteiger partial charge is 0.325 e. The molecule has 0 radical (unpaired) electrons. The highest BCUT2D eigenvalue weighted by molar-refractivity contribution is 7.90. The maximum Gasteiger partial charge on any atom is 0.325 e. The first-order valence-corrected chi connectivity index (χ1v) is 9.71. The van der Waals surface area contributed by atoms with Crippen LogP contribution in [0.15, 0.2) is 18.2 Å². The SMILES string of the molecule is C[C@@]1(c2ccc3c(c2)CCC3)NC(=O)N(CCS(C)(=O)=O)C1=O. The molecule has 1 heterocycles. The van der Waals surface area contributed by atoms with Crippen molar-refractivity contribution in [3.63, 3.8) is 0 Å². The summed E-state index contributed by atoms with van der Waals surface area (Å²) in [5.41, 5.74) is 2.13. The average molecular weight is 336 g/mol. The summed E-state index contributed by atoms with van der Waals surface area (Å²) in [5.74, 6) is -0.629. The monoisotopic (exact) mass is 336 g/mol. The van der Waals surface area contributed by atoms with Gasteiger partial charge in [-0.15, -0.1) is 0 Å². The number of nitrogens with one attached hydrogen (secondary N) is 1. The molecule has 124 valence electrons. The molecule has 7 heteroatoms. The highest BCUT2D eigenvalue weighted by Crippen LogP contribution is 2.32. The molecule has 1 N–H and O–H groups in total. The molecule has 0 aromatic heterocycles. The van der Waals surface area contributed by atoms with Crippen LogP contribution in [0.3, 0.4) is 0 Å². The fraction of sp³-hybridized carbons (Fsp3) is 0.500. The zero-order valence-corrected chi connectivity index (χ0v) is 14.1. The average Bonchev–Trinajstić information content (AvgIpc) is 3.00. The summed E-state index contributed by atoms with van der Waals surface area (Å²) in [5, 5.41) is 2.72. The van der Waals surface area contributed by atoms with Gasteiger partial charge in [-0.2, -0.15) is 0 Å². The van der Waals surface area contributed by atoms with E-state index in [9.17, 15) is 18.0 Å². The van der Waals surface area contributed by atoms with Gasteiger partial charge < -0.3 is 5.32 Å². The molecule has 0 unspecified atom stereocenters. The van der Waals surface area contributed by atoms with E-state index in [1.807, 2.05) is 18.2 Å². The van der Waals surface area contributed by atoms with Crippen molar-refractivity contribution in [3.05, 3.63) is 34.9 Å². The number of nitrogens with zero attached hydrogens (tertiary/aromatic N) is 1. The summed E-state index contributed by atoms with van der Waals surface area (Å²) in [6.07, 6.45) is 4.23. The number of carbonyl (C=O) groups excluding carboxylic acids is 2. The predicted octanol–water partition coefficient (Wildman–Crippen LogP) is 0.987. The zero-order valence-electron chi connectivity index (χ0n) is 13.3. The molecule has 3 rings (SSSR count). The molecule has 1 saturated heterocycles. The summed E-state index contributed by atoms with van der Waals surface area (Å²) in [7, 11) is -3.24. The van der Waals surface area contributed by atoms with Gasteiger partial charge in [0.15, 0.2) is 0 Å². The first-order valence-electron chi connectivity index (χ1n) is 7.65. The Balaban J connectivity index is 1.87. The maximum absolute atomic E-state index is 12.7.